The Morgan fingerprint density at radius 3 is 2.43 bits per heavy atom. The predicted octanol–water partition coefficient (Wildman–Crippen LogP) is 5.53. The number of ether oxygens (including phenoxy) is 4. The van der Waals surface area contributed by atoms with E-state index in [4.69, 9.17) is 18.9 Å². The van der Waals surface area contributed by atoms with Crippen LogP contribution < -0.4 is 9.47 Å². The molecule has 3 fully saturated rings. The van der Waals surface area contributed by atoms with Crippen molar-refractivity contribution in [3.05, 3.63) is 63.7 Å². The van der Waals surface area contributed by atoms with Crippen LogP contribution in [0.1, 0.15) is 62.5 Å². The maximum absolute atomic E-state index is 11.2. The summed E-state index contributed by atoms with van der Waals surface area (Å²) >= 11 is 0. The zero-order valence-electron chi connectivity index (χ0n) is 20.1. The van der Waals surface area contributed by atoms with E-state index in [0.717, 1.165) is 55.6 Å². The lowest BCUT2D eigenvalue weighted by molar-refractivity contribution is -0.384. The van der Waals surface area contributed by atoms with Crippen LogP contribution in [0.15, 0.2) is 42.5 Å². The molecule has 0 unspecified atom stereocenters. The molecule has 2 aromatic rings. The van der Waals surface area contributed by atoms with Crippen LogP contribution in [0, 0.1) is 22.0 Å². The normalized spacial score (nSPS) is 20.8. The minimum atomic E-state index is -0.521. The number of rotatable bonds is 5. The fraction of sp³-hybridized carbons (Fsp3) is 0.500. The number of nitro benzene ring substituents is 1. The van der Waals surface area contributed by atoms with E-state index < -0.39 is 16.1 Å². The maximum Gasteiger partial charge on any atom is 0.270 e. The molecule has 0 atom stereocenters. The van der Waals surface area contributed by atoms with Crippen LogP contribution in [0.2, 0.25) is 0 Å². The van der Waals surface area contributed by atoms with Crippen LogP contribution in [-0.2, 0) is 14.9 Å². The van der Waals surface area contributed by atoms with Gasteiger partial charge in [-0.15, -0.1) is 0 Å². The number of nitrogens with zero attached hydrogens (tertiary/aromatic N) is 1. The van der Waals surface area contributed by atoms with Crippen molar-refractivity contribution < 1.29 is 23.9 Å². The smallest absolute Gasteiger partial charge is 0.270 e. The third kappa shape index (κ3) is 5.00. The van der Waals surface area contributed by atoms with Crippen molar-refractivity contribution in [1.29, 1.82) is 0 Å². The summed E-state index contributed by atoms with van der Waals surface area (Å²) < 4.78 is 23.9. The lowest BCUT2D eigenvalue weighted by Crippen LogP contribution is -2.41. The molecule has 2 aliphatic carbocycles. The Labute approximate surface area is 205 Å². The van der Waals surface area contributed by atoms with Gasteiger partial charge in [-0.05, 0) is 62.3 Å². The monoisotopic (exact) mass is 477 g/mol. The second kappa shape index (κ2) is 9.88. The molecular weight excluding hydrogens is 446 g/mol. The minimum absolute atomic E-state index is 0.0397. The number of benzene rings is 2. The molecule has 3 aliphatic rings. The van der Waals surface area contributed by atoms with E-state index in [1.807, 2.05) is 12.1 Å². The first-order chi connectivity index (χ1) is 17.0. The van der Waals surface area contributed by atoms with Crippen molar-refractivity contribution in [3.63, 3.8) is 0 Å². The summed E-state index contributed by atoms with van der Waals surface area (Å²) in [5.74, 6) is 7.71. The third-order valence-corrected chi connectivity index (χ3v) is 7.49. The second-order valence-electron chi connectivity index (χ2n) is 9.64. The van der Waals surface area contributed by atoms with E-state index in [1.54, 1.807) is 13.2 Å². The highest BCUT2D eigenvalue weighted by molar-refractivity contribution is 5.51. The molecule has 35 heavy (non-hydrogen) atoms. The number of non-ortho nitro benzene ring substituents is 1. The zero-order chi connectivity index (χ0) is 24.3. The van der Waals surface area contributed by atoms with Gasteiger partial charge in [-0.1, -0.05) is 24.0 Å². The van der Waals surface area contributed by atoms with Crippen molar-refractivity contribution in [1.82, 2.24) is 0 Å². The van der Waals surface area contributed by atoms with Crippen LogP contribution in [0.25, 0.3) is 0 Å². The standard InChI is InChI=1S/C28H31NO6/c1-32-25-10-9-22(20-26(25)35-24-7-2-3-8-24)27(13-15-28(16-14-27)33-17-18-34-28)12-11-21-5-4-6-23(19-21)29(30)31/h4-6,9-10,19-20,24H,2-3,7-8,13-18H2,1H3. The number of nitro groups is 1. The SMILES string of the molecule is COc1ccc(C2(C#Cc3cccc([N+](=O)[O-])c3)CCC3(CC2)OCCO3)cc1OC1CCCC1. The summed E-state index contributed by atoms with van der Waals surface area (Å²) in [5.41, 5.74) is 1.28. The topological polar surface area (TPSA) is 80.1 Å². The molecule has 2 aromatic carbocycles. The van der Waals surface area contributed by atoms with E-state index in [9.17, 15) is 10.1 Å². The molecule has 0 N–H and O–H groups in total. The van der Waals surface area contributed by atoms with Crippen LogP contribution in [0.3, 0.4) is 0 Å². The van der Waals surface area contributed by atoms with Gasteiger partial charge in [-0.3, -0.25) is 10.1 Å². The molecule has 5 rings (SSSR count). The van der Waals surface area contributed by atoms with Gasteiger partial charge in [0.1, 0.15) is 0 Å². The van der Waals surface area contributed by atoms with Crippen LogP contribution in [-0.4, -0.2) is 37.1 Å². The summed E-state index contributed by atoms with van der Waals surface area (Å²) in [6.07, 6.45) is 7.68. The Morgan fingerprint density at radius 2 is 1.74 bits per heavy atom. The number of hydrogen-bond donors (Lipinski definition) is 0. The van der Waals surface area contributed by atoms with E-state index in [1.165, 1.54) is 25.0 Å². The van der Waals surface area contributed by atoms with Crippen molar-refractivity contribution in [2.75, 3.05) is 20.3 Å². The highest BCUT2D eigenvalue weighted by atomic mass is 16.7. The van der Waals surface area contributed by atoms with Gasteiger partial charge >= 0.3 is 0 Å². The van der Waals surface area contributed by atoms with Gasteiger partial charge < -0.3 is 18.9 Å². The maximum atomic E-state index is 11.2. The highest BCUT2D eigenvalue weighted by Crippen LogP contribution is 2.48. The summed E-state index contributed by atoms with van der Waals surface area (Å²) in [4.78, 5) is 10.8. The second-order valence-corrected chi connectivity index (χ2v) is 9.64. The Morgan fingerprint density at radius 1 is 1.00 bits per heavy atom. The Kier molecular flexibility index (Phi) is 6.68. The minimum Gasteiger partial charge on any atom is -0.493 e. The first-order valence-corrected chi connectivity index (χ1v) is 12.4. The Balaban J connectivity index is 1.51. The highest BCUT2D eigenvalue weighted by Gasteiger charge is 2.46. The summed E-state index contributed by atoms with van der Waals surface area (Å²) in [5, 5.41) is 11.2. The average Bonchev–Trinajstić information content (AvgIpc) is 3.57. The molecule has 1 spiro atoms. The van der Waals surface area contributed by atoms with Gasteiger partial charge in [0.25, 0.3) is 5.69 Å². The summed E-state index contributed by atoms with van der Waals surface area (Å²) in [6, 6.07) is 12.6. The first kappa shape index (κ1) is 23.7. The van der Waals surface area contributed by atoms with E-state index in [0.29, 0.717) is 18.8 Å². The van der Waals surface area contributed by atoms with Gasteiger partial charge in [0.15, 0.2) is 17.3 Å². The molecule has 0 amide bonds. The molecule has 7 heteroatoms. The van der Waals surface area contributed by atoms with Gasteiger partial charge in [0.05, 0.1) is 36.8 Å². The molecule has 1 heterocycles. The van der Waals surface area contributed by atoms with Gasteiger partial charge in [0.2, 0.25) is 0 Å². The third-order valence-electron chi connectivity index (χ3n) is 7.49. The fourth-order valence-corrected chi connectivity index (χ4v) is 5.47. The quantitative estimate of drug-likeness (QED) is 0.320. The molecular formula is C28H31NO6. The van der Waals surface area contributed by atoms with E-state index >= 15 is 0 Å². The van der Waals surface area contributed by atoms with Gasteiger partial charge in [-0.2, -0.15) is 0 Å². The molecule has 0 bridgehead atoms. The summed E-state index contributed by atoms with van der Waals surface area (Å²) in [7, 11) is 1.66. The first-order valence-electron chi connectivity index (χ1n) is 12.4. The van der Waals surface area contributed by atoms with Crippen molar-refractivity contribution in [2.24, 2.45) is 0 Å². The zero-order valence-corrected chi connectivity index (χ0v) is 20.1. The molecule has 7 nitrogen and oxygen atoms in total. The molecule has 0 radical (unpaired) electrons. The molecule has 184 valence electrons. The molecule has 2 saturated carbocycles. The molecule has 0 aromatic heterocycles. The lowest BCUT2D eigenvalue weighted by atomic mass is 9.68. The number of hydrogen-bond acceptors (Lipinski definition) is 6. The summed E-state index contributed by atoms with van der Waals surface area (Å²) in [6.45, 7) is 1.24. The van der Waals surface area contributed by atoms with Crippen molar-refractivity contribution in [2.45, 2.75) is 68.7 Å². The van der Waals surface area contributed by atoms with Crippen molar-refractivity contribution in [3.8, 4) is 23.3 Å². The molecule has 1 saturated heterocycles. The largest absolute Gasteiger partial charge is 0.493 e. The average molecular weight is 478 g/mol. The Hall–Kier alpha value is -3.08. The Bertz CT molecular complexity index is 1130. The van der Waals surface area contributed by atoms with Crippen LogP contribution in [0.4, 0.5) is 5.69 Å². The number of methoxy groups -OCH3 is 1. The van der Waals surface area contributed by atoms with Gasteiger partial charge in [-0.25, -0.2) is 0 Å². The molecule has 1 aliphatic heterocycles. The fourth-order valence-electron chi connectivity index (χ4n) is 5.47. The lowest BCUT2D eigenvalue weighted by Gasteiger charge is -2.41. The van der Waals surface area contributed by atoms with Gasteiger partial charge in [0, 0.05) is 30.5 Å². The van der Waals surface area contributed by atoms with Crippen LogP contribution >= 0.6 is 0 Å². The van der Waals surface area contributed by atoms with Crippen LogP contribution in [0.5, 0.6) is 11.5 Å². The van der Waals surface area contributed by atoms with E-state index in [2.05, 4.69) is 24.0 Å². The van der Waals surface area contributed by atoms with E-state index in [-0.39, 0.29) is 11.8 Å². The predicted molar refractivity (Wildman–Crippen MR) is 131 cm³/mol. The van der Waals surface area contributed by atoms with Crippen molar-refractivity contribution >= 4 is 5.69 Å².